The molecular weight excluding hydrogens is 250 g/mol. The van der Waals surface area contributed by atoms with Gasteiger partial charge in [-0.15, -0.1) is 11.8 Å². The van der Waals surface area contributed by atoms with Gasteiger partial charge in [-0.2, -0.15) is 5.26 Å². The lowest BCUT2D eigenvalue weighted by atomic mass is 10.0. The van der Waals surface area contributed by atoms with E-state index in [2.05, 4.69) is 6.07 Å². The Balaban J connectivity index is 2.45. The monoisotopic (exact) mass is 263 g/mol. The average Bonchev–Trinajstić information content (AvgIpc) is 2.37. The first-order valence-electron chi connectivity index (χ1n) is 5.52. The molecule has 0 N–H and O–H groups in total. The Labute approximate surface area is 110 Å². The number of methoxy groups -OCH3 is 2. The lowest BCUT2D eigenvalue weighted by Gasteiger charge is -2.23. The highest BCUT2D eigenvalue weighted by Gasteiger charge is 2.29. The van der Waals surface area contributed by atoms with E-state index >= 15 is 0 Å². The van der Waals surface area contributed by atoms with Gasteiger partial charge in [0.25, 0.3) is 0 Å². The van der Waals surface area contributed by atoms with Gasteiger partial charge in [-0.25, -0.2) is 0 Å². The van der Waals surface area contributed by atoms with Crippen LogP contribution >= 0.6 is 11.8 Å². The van der Waals surface area contributed by atoms with E-state index in [1.54, 1.807) is 24.9 Å². The number of rotatable bonds is 3. The predicted octanol–water partition coefficient (Wildman–Crippen LogP) is 2.66. The van der Waals surface area contributed by atoms with Gasteiger partial charge in [-0.05, 0) is 6.07 Å². The third-order valence-corrected chi connectivity index (χ3v) is 4.04. The summed E-state index contributed by atoms with van der Waals surface area (Å²) in [6, 6.07) is 5.64. The summed E-state index contributed by atoms with van der Waals surface area (Å²) in [6.07, 6.45) is 0.753. The van der Waals surface area contributed by atoms with E-state index in [4.69, 9.17) is 14.7 Å². The van der Waals surface area contributed by atoms with E-state index in [9.17, 15) is 4.79 Å². The number of carbonyl (C=O) groups excluding carboxylic acids is 1. The lowest BCUT2D eigenvalue weighted by Crippen LogP contribution is -2.18. The van der Waals surface area contributed by atoms with E-state index in [0.29, 0.717) is 29.9 Å². The molecule has 94 valence electrons. The zero-order valence-corrected chi connectivity index (χ0v) is 11.0. The maximum Gasteiger partial charge on any atom is 0.168 e. The Morgan fingerprint density at radius 3 is 2.83 bits per heavy atom. The fourth-order valence-corrected chi connectivity index (χ4v) is 3.23. The highest BCUT2D eigenvalue weighted by Crippen LogP contribution is 2.43. The van der Waals surface area contributed by atoms with Crippen LogP contribution < -0.4 is 9.47 Å². The van der Waals surface area contributed by atoms with Gasteiger partial charge in [-0.1, -0.05) is 0 Å². The van der Waals surface area contributed by atoms with Crippen LogP contribution in [-0.2, 0) is 0 Å². The fraction of sp³-hybridized carbons (Fsp3) is 0.385. The van der Waals surface area contributed by atoms with Crippen molar-refractivity contribution in [2.24, 2.45) is 0 Å². The topological polar surface area (TPSA) is 59.3 Å². The molecule has 1 aliphatic heterocycles. The van der Waals surface area contributed by atoms with Crippen molar-refractivity contribution in [1.82, 2.24) is 0 Å². The Kier molecular flexibility index (Phi) is 3.78. The third-order valence-electron chi connectivity index (χ3n) is 2.80. The smallest absolute Gasteiger partial charge is 0.168 e. The van der Waals surface area contributed by atoms with E-state index in [1.165, 1.54) is 7.11 Å². The van der Waals surface area contributed by atoms with Crippen molar-refractivity contribution in [2.75, 3.05) is 14.2 Å². The molecule has 0 saturated heterocycles. The molecule has 0 aromatic heterocycles. The predicted molar refractivity (Wildman–Crippen MR) is 68.4 cm³/mol. The van der Waals surface area contributed by atoms with Crippen molar-refractivity contribution in [3.8, 4) is 17.6 Å². The summed E-state index contributed by atoms with van der Waals surface area (Å²) >= 11 is 1.54. The van der Waals surface area contributed by atoms with Crippen molar-refractivity contribution in [3.05, 3.63) is 17.7 Å². The summed E-state index contributed by atoms with van der Waals surface area (Å²) in [5.41, 5.74) is 0.609. The Hall–Kier alpha value is -1.67. The lowest BCUT2D eigenvalue weighted by molar-refractivity contribution is 0.0973. The molecule has 1 aromatic carbocycles. The van der Waals surface area contributed by atoms with Gasteiger partial charge < -0.3 is 9.47 Å². The first-order chi connectivity index (χ1) is 8.69. The largest absolute Gasteiger partial charge is 0.497 e. The Morgan fingerprint density at radius 2 is 2.22 bits per heavy atom. The van der Waals surface area contributed by atoms with Gasteiger partial charge in [-0.3, -0.25) is 4.79 Å². The molecule has 1 unspecified atom stereocenters. The normalized spacial score (nSPS) is 17.8. The number of fused-ring (bicyclic) bond motifs is 1. The van der Waals surface area contributed by atoms with Crippen LogP contribution in [0.4, 0.5) is 0 Å². The molecule has 1 aromatic rings. The second kappa shape index (κ2) is 5.32. The van der Waals surface area contributed by atoms with Crippen LogP contribution in [0.1, 0.15) is 23.2 Å². The summed E-state index contributed by atoms with van der Waals surface area (Å²) in [7, 11) is 3.11. The van der Waals surface area contributed by atoms with Gasteiger partial charge >= 0.3 is 0 Å². The maximum atomic E-state index is 12.1. The molecule has 0 amide bonds. The van der Waals surface area contributed by atoms with Crippen molar-refractivity contribution < 1.29 is 14.3 Å². The summed E-state index contributed by atoms with van der Waals surface area (Å²) in [5, 5.41) is 8.75. The molecular formula is C13H13NO3S. The van der Waals surface area contributed by atoms with Crippen LogP contribution in [0.2, 0.25) is 0 Å². The van der Waals surface area contributed by atoms with Crippen LogP contribution in [0.15, 0.2) is 17.0 Å². The van der Waals surface area contributed by atoms with Gasteiger partial charge in [0.15, 0.2) is 5.78 Å². The zero-order chi connectivity index (χ0) is 13.1. The Bertz CT molecular complexity index is 522. The molecule has 5 heteroatoms. The number of ether oxygens (including phenoxy) is 2. The number of ketones is 1. The summed E-state index contributed by atoms with van der Waals surface area (Å²) in [6.45, 7) is 0. The van der Waals surface area contributed by atoms with Crippen molar-refractivity contribution >= 4 is 17.5 Å². The molecule has 0 fully saturated rings. The van der Waals surface area contributed by atoms with Gasteiger partial charge in [0, 0.05) is 29.1 Å². The number of nitrogens with zero attached hydrogens (tertiary/aromatic N) is 1. The molecule has 0 bridgehead atoms. The van der Waals surface area contributed by atoms with E-state index in [1.807, 2.05) is 6.07 Å². The number of thioether (sulfide) groups is 1. The highest BCUT2D eigenvalue weighted by atomic mass is 32.2. The number of benzene rings is 1. The number of carbonyl (C=O) groups is 1. The first kappa shape index (κ1) is 12.8. The number of Topliss-reactive ketones (excluding diaryl/α,β-unsaturated/α-hetero) is 1. The molecule has 2 rings (SSSR count). The standard InChI is InChI=1S/C13H13NO3S/c1-16-8-5-11(17-2)13-10(15)7-9(3-4-14)18-12(13)6-8/h5-6,9H,3,7H2,1-2H3. The van der Waals surface area contributed by atoms with E-state index in [-0.39, 0.29) is 11.0 Å². The van der Waals surface area contributed by atoms with Crippen LogP contribution in [-0.4, -0.2) is 25.3 Å². The number of nitriles is 1. The molecule has 1 atom stereocenters. The number of hydrogen-bond acceptors (Lipinski definition) is 5. The molecule has 1 heterocycles. The zero-order valence-electron chi connectivity index (χ0n) is 10.2. The molecule has 1 aliphatic rings. The molecule has 0 saturated carbocycles. The molecule has 0 spiro atoms. The maximum absolute atomic E-state index is 12.1. The molecule has 4 nitrogen and oxygen atoms in total. The molecule has 18 heavy (non-hydrogen) atoms. The number of hydrogen-bond donors (Lipinski definition) is 0. The van der Waals surface area contributed by atoms with E-state index < -0.39 is 0 Å². The second-order valence-electron chi connectivity index (χ2n) is 3.93. The average molecular weight is 263 g/mol. The Morgan fingerprint density at radius 1 is 1.44 bits per heavy atom. The second-order valence-corrected chi connectivity index (χ2v) is 5.27. The van der Waals surface area contributed by atoms with Crippen LogP contribution in [0.3, 0.4) is 0 Å². The fourth-order valence-electron chi connectivity index (χ4n) is 1.96. The minimum Gasteiger partial charge on any atom is -0.497 e. The minimum absolute atomic E-state index is 0.0202. The summed E-state index contributed by atoms with van der Waals surface area (Å²) in [4.78, 5) is 12.9. The van der Waals surface area contributed by atoms with Crippen LogP contribution in [0, 0.1) is 11.3 Å². The molecule has 0 aliphatic carbocycles. The summed E-state index contributed by atoms with van der Waals surface area (Å²) < 4.78 is 10.4. The SMILES string of the molecule is COc1cc(OC)c2c(c1)SC(CC#N)CC2=O. The quantitative estimate of drug-likeness (QED) is 0.839. The van der Waals surface area contributed by atoms with E-state index in [0.717, 1.165) is 4.90 Å². The summed E-state index contributed by atoms with van der Waals surface area (Å²) in [5.74, 6) is 1.23. The highest BCUT2D eigenvalue weighted by molar-refractivity contribution is 8.00. The van der Waals surface area contributed by atoms with Gasteiger partial charge in [0.1, 0.15) is 11.5 Å². The van der Waals surface area contributed by atoms with Crippen molar-refractivity contribution in [3.63, 3.8) is 0 Å². The van der Waals surface area contributed by atoms with Crippen molar-refractivity contribution in [1.29, 1.82) is 5.26 Å². The van der Waals surface area contributed by atoms with Crippen LogP contribution in [0.5, 0.6) is 11.5 Å². The van der Waals surface area contributed by atoms with Crippen LogP contribution in [0.25, 0.3) is 0 Å². The van der Waals surface area contributed by atoms with Crippen molar-refractivity contribution in [2.45, 2.75) is 23.0 Å². The first-order valence-corrected chi connectivity index (χ1v) is 6.40. The van der Waals surface area contributed by atoms with Gasteiger partial charge in [0.2, 0.25) is 0 Å². The minimum atomic E-state index is 0.0202. The van der Waals surface area contributed by atoms with Gasteiger partial charge in [0.05, 0.1) is 25.9 Å². The molecule has 0 radical (unpaired) electrons. The third kappa shape index (κ3) is 2.29.